The third-order valence-electron chi connectivity index (χ3n) is 7.80. The first-order valence-corrected chi connectivity index (χ1v) is 14.1. The van der Waals surface area contributed by atoms with E-state index in [2.05, 4.69) is 51.4 Å². The van der Waals surface area contributed by atoms with Crippen LogP contribution in [0.4, 0.5) is 0 Å². The van der Waals surface area contributed by atoms with E-state index >= 15 is 0 Å². The quantitative estimate of drug-likeness (QED) is 0.219. The Morgan fingerprint density at radius 2 is 1.07 bits per heavy atom. The van der Waals surface area contributed by atoms with E-state index in [1.165, 1.54) is 0 Å². The molecule has 5 aromatic carbocycles. The molecule has 0 N–H and O–H groups in total. The minimum Gasteiger partial charge on any atom is -0.436 e. The summed E-state index contributed by atoms with van der Waals surface area (Å²) in [6.07, 6.45) is 0. The van der Waals surface area contributed by atoms with Crippen LogP contribution in [0.1, 0.15) is 0 Å². The summed E-state index contributed by atoms with van der Waals surface area (Å²) in [7, 11) is 0. The fourth-order valence-corrected chi connectivity index (χ4v) is 5.86. The molecular weight excluding hydrogens is 532 g/mol. The first-order chi connectivity index (χ1) is 21.3. The molecule has 202 valence electrons. The number of rotatable bonds is 4. The summed E-state index contributed by atoms with van der Waals surface area (Å²) in [5.41, 5.74) is 8.20. The molecule has 0 atom stereocenters. The number of para-hydroxylation sites is 3. The summed E-state index contributed by atoms with van der Waals surface area (Å²) >= 11 is 0. The van der Waals surface area contributed by atoms with Gasteiger partial charge in [0.2, 0.25) is 11.5 Å². The number of aromatic nitrogens is 6. The van der Waals surface area contributed by atoms with Gasteiger partial charge in [-0.3, -0.25) is 8.97 Å². The van der Waals surface area contributed by atoms with E-state index in [0.717, 1.165) is 55.7 Å². The highest BCUT2D eigenvalue weighted by Crippen LogP contribution is 2.35. The Bertz CT molecular complexity index is 2400. The van der Waals surface area contributed by atoms with Crippen LogP contribution < -0.4 is 0 Å². The number of nitrogens with zero attached hydrogens (tertiary/aromatic N) is 6. The summed E-state index contributed by atoms with van der Waals surface area (Å²) in [6, 6.07) is 44.7. The normalized spacial score (nSPS) is 11.7. The highest BCUT2D eigenvalue weighted by Gasteiger charge is 2.22. The molecule has 0 amide bonds. The zero-order valence-corrected chi connectivity index (χ0v) is 22.8. The van der Waals surface area contributed by atoms with E-state index in [1.54, 1.807) is 0 Å². The Kier molecular flexibility index (Phi) is 5.06. The van der Waals surface area contributed by atoms with Gasteiger partial charge in [-0.1, -0.05) is 97.1 Å². The summed E-state index contributed by atoms with van der Waals surface area (Å²) in [5.74, 6) is 2.64. The number of benzene rings is 5. The van der Waals surface area contributed by atoms with Crippen LogP contribution in [0.5, 0.6) is 0 Å². The third-order valence-corrected chi connectivity index (χ3v) is 7.80. The summed E-state index contributed by atoms with van der Waals surface area (Å²) < 4.78 is 10.5. The van der Waals surface area contributed by atoms with Gasteiger partial charge in [0.15, 0.2) is 17.5 Å². The predicted octanol–water partition coefficient (Wildman–Crippen LogP) is 8.36. The standard InChI is InChI=1S/C36H22N6O/c1-3-12-23(13-4-1)32-37-33(24-14-5-2-6-15-24)39-34(38-32)25-16-11-17-26(22-25)41-28-19-8-9-20-29(28)42-31-27-18-7-10-21-30(27)43-35(31)40-36(41)42/h1-22H. The maximum absolute atomic E-state index is 6.17. The molecule has 0 aliphatic rings. The lowest BCUT2D eigenvalue weighted by Gasteiger charge is -2.10. The Balaban J connectivity index is 1.27. The summed E-state index contributed by atoms with van der Waals surface area (Å²) in [6.45, 7) is 0. The van der Waals surface area contributed by atoms with Crippen LogP contribution in [0.15, 0.2) is 138 Å². The summed E-state index contributed by atoms with van der Waals surface area (Å²) in [4.78, 5) is 19.7. The van der Waals surface area contributed by atoms with Gasteiger partial charge in [-0.25, -0.2) is 15.0 Å². The van der Waals surface area contributed by atoms with Crippen molar-refractivity contribution in [3.05, 3.63) is 133 Å². The lowest BCUT2D eigenvalue weighted by atomic mass is 10.1. The average Bonchev–Trinajstić information content (AvgIpc) is 3.72. The minimum atomic E-state index is 0.602. The van der Waals surface area contributed by atoms with Gasteiger partial charge < -0.3 is 4.42 Å². The van der Waals surface area contributed by atoms with E-state index in [4.69, 9.17) is 24.4 Å². The monoisotopic (exact) mass is 554 g/mol. The Morgan fingerprint density at radius 3 is 1.79 bits per heavy atom. The van der Waals surface area contributed by atoms with Crippen LogP contribution in [-0.2, 0) is 0 Å². The number of hydrogen-bond donors (Lipinski definition) is 0. The van der Waals surface area contributed by atoms with E-state index < -0.39 is 0 Å². The van der Waals surface area contributed by atoms with Crippen LogP contribution in [0.25, 0.3) is 78.9 Å². The molecule has 0 spiro atoms. The van der Waals surface area contributed by atoms with Crippen molar-refractivity contribution in [1.29, 1.82) is 0 Å². The van der Waals surface area contributed by atoms with Gasteiger partial charge in [0.1, 0.15) is 11.1 Å². The van der Waals surface area contributed by atoms with Crippen molar-refractivity contribution in [2.75, 3.05) is 0 Å². The van der Waals surface area contributed by atoms with Gasteiger partial charge in [0.25, 0.3) is 0 Å². The van der Waals surface area contributed by atoms with Gasteiger partial charge in [0.05, 0.1) is 11.0 Å². The molecule has 0 saturated carbocycles. The molecule has 9 rings (SSSR count). The van der Waals surface area contributed by atoms with Crippen molar-refractivity contribution in [2.24, 2.45) is 0 Å². The van der Waals surface area contributed by atoms with Crippen molar-refractivity contribution in [1.82, 2.24) is 28.9 Å². The van der Waals surface area contributed by atoms with Crippen molar-refractivity contribution < 1.29 is 4.42 Å². The smallest absolute Gasteiger partial charge is 0.248 e. The molecule has 0 unspecified atom stereocenters. The molecular formula is C36H22N6O. The predicted molar refractivity (Wildman–Crippen MR) is 169 cm³/mol. The second kappa shape index (κ2) is 9.22. The van der Waals surface area contributed by atoms with Gasteiger partial charge in [-0.15, -0.1) is 0 Å². The Labute approximate surface area is 245 Å². The van der Waals surface area contributed by atoms with Gasteiger partial charge in [-0.05, 0) is 36.4 Å². The maximum atomic E-state index is 6.17. The lowest BCUT2D eigenvalue weighted by molar-refractivity contribution is 0.656. The second-order valence-corrected chi connectivity index (χ2v) is 10.4. The maximum Gasteiger partial charge on any atom is 0.248 e. The van der Waals surface area contributed by atoms with Crippen LogP contribution in [-0.4, -0.2) is 28.9 Å². The van der Waals surface area contributed by atoms with Crippen LogP contribution in [0.2, 0.25) is 0 Å². The van der Waals surface area contributed by atoms with Crippen molar-refractivity contribution in [3.8, 4) is 39.9 Å². The lowest BCUT2D eigenvalue weighted by Crippen LogP contribution is -2.01. The molecule has 0 fully saturated rings. The molecule has 0 bridgehead atoms. The summed E-state index contributed by atoms with van der Waals surface area (Å²) in [5, 5.41) is 1.04. The van der Waals surface area contributed by atoms with E-state index in [9.17, 15) is 0 Å². The topological polar surface area (TPSA) is 74.0 Å². The van der Waals surface area contributed by atoms with E-state index in [0.29, 0.717) is 23.2 Å². The van der Waals surface area contributed by atoms with E-state index in [1.807, 2.05) is 91.0 Å². The zero-order valence-electron chi connectivity index (χ0n) is 22.8. The largest absolute Gasteiger partial charge is 0.436 e. The van der Waals surface area contributed by atoms with E-state index in [-0.39, 0.29) is 0 Å². The Hall–Kier alpha value is -6.08. The molecule has 4 heterocycles. The molecule has 0 aliphatic heterocycles. The number of imidazole rings is 2. The fraction of sp³-hybridized carbons (Fsp3) is 0. The molecule has 0 saturated heterocycles. The second-order valence-electron chi connectivity index (χ2n) is 10.4. The number of hydrogen-bond acceptors (Lipinski definition) is 5. The molecule has 43 heavy (non-hydrogen) atoms. The highest BCUT2D eigenvalue weighted by molar-refractivity contribution is 6.05. The van der Waals surface area contributed by atoms with Crippen LogP contribution >= 0.6 is 0 Å². The van der Waals surface area contributed by atoms with Gasteiger partial charge >= 0.3 is 0 Å². The van der Waals surface area contributed by atoms with Crippen molar-refractivity contribution in [3.63, 3.8) is 0 Å². The first-order valence-electron chi connectivity index (χ1n) is 14.1. The first kappa shape index (κ1) is 23.6. The Morgan fingerprint density at radius 1 is 0.488 bits per heavy atom. The highest BCUT2D eigenvalue weighted by atomic mass is 16.3. The van der Waals surface area contributed by atoms with Crippen LogP contribution in [0.3, 0.4) is 0 Å². The zero-order chi connectivity index (χ0) is 28.3. The number of furan rings is 1. The minimum absolute atomic E-state index is 0.602. The molecule has 7 heteroatoms. The molecule has 9 aromatic rings. The van der Waals surface area contributed by atoms with Gasteiger partial charge in [-0.2, -0.15) is 4.98 Å². The molecule has 7 nitrogen and oxygen atoms in total. The average molecular weight is 555 g/mol. The third kappa shape index (κ3) is 3.68. The van der Waals surface area contributed by atoms with Gasteiger partial charge in [0, 0.05) is 27.8 Å². The molecule has 0 aliphatic carbocycles. The van der Waals surface area contributed by atoms with Crippen LogP contribution in [0, 0.1) is 0 Å². The van der Waals surface area contributed by atoms with Crippen molar-refractivity contribution >= 4 is 39.0 Å². The molecule has 0 radical (unpaired) electrons. The number of fused-ring (bicyclic) bond motifs is 7. The SMILES string of the molecule is c1ccc(-c2nc(-c3ccccc3)nc(-c3cccc(-n4c5ccccc5n5c6c(nc45)oc4ccccc46)c3)n2)cc1. The fourth-order valence-electron chi connectivity index (χ4n) is 5.86. The molecule has 4 aromatic heterocycles. The van der Waals surface area contributed by atoms with Crippen molar-refractivity contribution in [2.45, 2.75) is 0 Å².